The summed E-state index contributed by atoms with van der Waals surface area (Å²) in [5, 5.41) is 21.1. The molecular formula is C21H22N6Na2O5. The summed E-state index contributed by atoms with van der Waals surface area (Å²) in [6, 6.07) is 5.27. The number of rotatable bonds is 9. The second kappa shape index (κ2) is 12.9. The predicted octanol–water partition coefficient (Wildman–Crippen LogP) is 0.360. The van der Waals surface area contributed by atoms with Crippen LogP contribution in [0.3, 0.4) is 0 Å². The Morgan fingerprint density at radius 2 is 1.71 bits per heavy atom. The number of nitrogen functional groups attached to an aromatic ring is 2. The van der Waals surface area contributed by atoms with Gasteiger partial charge in [0.1, 0.15) is 17.5 Å². The van der Waals surface area contributed by atoms with E-state index in [4.69, 9.17) is 16.6 Å². The van der Waals surface area contributed by atoms with Gasteiger partial charge in [-0.05, 0) is 36.1 Å². The van der Waals surface area contributed by atoms with Crippen LogP contribution < -0.4 is 16.8 Å². The first-order valence-electron chi connectivity index (χ1n) is 9.58. The number of hydrogen-bond donors (Lipinski definition) is 6. The summed E-state index contributed by atoms with van der Waals surface area (Å²) >= 11 is 0. The van der Waals surface area contributed by atoms with Gasteiger partial charge in [-0.1, -0.05) is 18.7 Å². The molecule has 0 bridgehead atoms. The molecule has 0 aliphatic carbocycles. The molecule has 168 valence electrons. The Morgan fingerprint density at radius 1 is 1.06 bits per heavy atom. The molecule has 11 nitrogen and oxygen atoms in total. The van der Waals surface area contributed by atoms with E-state index in [-0.39, 0.29) is 76.2 Å². The number of nitrogens with one attached hydrogen (secondary N) is 2. The van der Waals surface area contributed by atoms with Crippen molar-refractivity contribution in [2.24, 2.45) is 0 Å². The molecule has 1 aromatic carbocycles. The molecule has 0 aliphatic rings. The first-order valence-corrected chi connectivity index (χ1v) is 9.58. The van der Waals surface area contributed by atoms with E-state index in [1.54, 1.807) is 30.5 Å². The molecule has 3 rings (SSSR count). The molecule has 0 unspecified atom stereocenters. The Balaban J connectivity index is 0.00000289. The smallest absolute Gasteiger partial charge is 0.331 e. The van der Waals surface area contributed by atoms with E-state index < -0.39 is 30.3 Å². The number of aliphatic carboxylic acids is 2. The summed E-state index contributed by atoms with van der Waals surface area (Å²) in [5.74, 6) is -2.90. The summed E-state index contributed by atoms with van der Waals surface area (Å²) in [6.07, 6.45) is 2.68. The molecule has 2 radical (unpaired) electrons. The first-order chi connectivity index (χ1) is 15.2. The fourth-order valence-electron chi connectivity index (χ4n) is 3.22. The third-order valence-electron chi connectivity index (χ3n) is 4.91. The summed E-state index contributed by atoms with van der Waals surface area (Å²) in [6.45, 7) is 3.30. The summed E-state index contributed by atoms with van der Waals surface area (Å²) in [5.41, 5.74) is 13.9. The van der Waals surface area contributed by atoms with Crippen molar-refractivity contribution >= 4 is 99.8 Å². The van der Waals surface area contributed by atoms with Crippen molar-refractivity contribution in [1.82, 2.24) is 20.3 Å². The van der Waals surface area contributed by atoms with Crippen molar-refractivity contribution in [2.45, 2.75) is 25.3 Å². The monoisotopic (exact) mass is 484 g/mol. The van der Waals surface area contributed by atoms with E-state index in [2.05, 4.69) is 26.8 Å². The fourth-order valence-corrected chi connectivity index (χ4v) is 3.22. The van der Waals surface area contributed by atoms with Gasteiger partial charge >= 0.3 is 11.9 Å². The molecule has 1 amide bonds. The normalized spacial score (nSPS) is 11.1. The number of fused-ring (bicyclic) bond motifs is 1. The molecule has 8 N–H and O–H groups in total. The van der Waals surface area contributed by atoms with Crippen molar-refractivity contribution in [3.05, 3.63) is 59.3 Å². The van der Waals surface area contributed by atoms with Gasteiger partial charge in [0.25, 0.3) is 5.91 Å². The minimum absolute atomic E-state index is 0. The van der Waals surface area contributed by atoms with Crippen molar-refractivity contribution in [2.75, 3.05) is 11.5 Å². The van der Waals surface area contributed by atoms with Crippen LogP contribution in [0.5, 0.6) is 0 Å². The van der Waals surface area contributed by atoms with Crippen LogP contribution in [0.25, 0.3) is 11.0 Å². The van der Waals surface area contributed by atoms with Crippen LogP contribution in [0.15, 0.2) is 42.6 Å². The molecule has 0 fully saturated rings. The van der Waals surface area contributed by atoms with Gasteiger partial charge in [-0.2, -0.15) is 9.97 Å². The van der Waals surface area contributed by atoms with E-state index in [9.17, 15) is 19.5 Å². The van der Waals surface area contributed by atoms with Crippen LogP contribution in [0.4, 0.5) is 11.8 Å². The molecule has 3 aromatic rings. The summed E-state index contributed by atoms with van der Waals surface area (Å²) in [4.78, 5) is 45.7. The topological polar surface area (TPSA) is 197 Å². The van der Waals surface area contributed by atoms with E-state index >= 15 is 0 Å². The molecule has 34 heavy (non-hydrogen) atoms. The number of hydrogen-bond acceptors (Lipinski definition) is 7. The number of aryl methyl sites for hydroxylation is 2. The van der Waals surface area contributed by atoms with Crippen LogP contribution >= 0.6 is 0 Å². The number of carbonyl (C=O) groups excluding carboxylic acids is 1. The number of aromatic amines is 1. The quantitative estimate of drug-likeness (QED) is 0.183. The van der Waals surface area contributed by atoms with Gasteiger partial charge in [0.05, 0.1) is 5.39 Å². The van der Waals surface area contributed by atoms with Gasteiger partial charge in [-0.15, -0.1) is 0 Å². The maximum atomic E-state index is 12.4. The number of carboxylic acid groups (broad SMARTS) is 2. The van der Waals surface area contributed by atoms with Crippen molar-refractivity contribution < 1.29 is 24.6 Å². The maximum Gasteiger partial charge on any atom is 0.331 e. The second-order valence-corrected chi connectivity index (χ2v) is 7.18. The van der Waals surface area contributed by atoms with Gasteiger partial charge < -0.3 is 32.0 Å². The van der Waals surface area contributed by atoms with Crippen molar-refractivity contribution in [1.29, 1.82) is 0 Å². The number of H-pyrrole nitrogens is 1. The number of nitrogens with two attached hydrogens (primary N) is 2. The SMILES string of the molecule is C=C(C[C@H](NC(=O)c1ccc(CCc2c[nH]c3nc(N)nc(N)c23)cc1)C(=O)O)C(=O)O.[Na].[Na]. The minimum atomic E-state index is -1.39. The van der Waals surface area contributed by atoms with Crippen LogP contribution in [0.1, 0.15) is 27.9 Å². The molecule has 2 heterocycles. The standard InChI is InChI=1S/C21H22N6O5.2Na/c1-10(19(29)30)8-14(20(31)32)25-18(28)12-5-2-11(3-6-12)4-7-13-9-24-17-15(13)16(22)26-21(23)27-17;;/h2-3,5-6,9,14H,1,4,7-8H2,(H,25,28)(H,29,30)(H,31,32)(H5,22,23,24,26,27);;/t14-;;/m0../s1. The predicted molar refractivity (Wildman–Crippen MR) is 128 cm³/mol. The zero-order chi connectivity index (χ0) is 23.4. The Hall–Kier alpha value is -2.41. The Labute approximate surface area is 239 Å². The van der Waals surface area contributed by atoms with Crippen molar-refractivity contribution in [3.8, 4) is 0 Å². The molecule has 13 heteroatoms. The number of anilines is 2. The second-order valence-electron chi connectivity index (χ2n) is 7.18. The van der Waals surface area contributed by atoms with E-state index in [0.717, 1.165) is 16.5 Å². The first kappa shape index (κ1) is 29.6. The van der Waals surface area contributed by atoms with Crippen LogP contribution in [-0.2, 0) is 22.4 Å². The minimum Gasteiger partial charge on any atom is -0.480 e. The molecule has 0 saturated heterocycles. The van der Waals surface area contributed by atoms with Crippen LogP contribution in [0.2, 0.25) is 0 Å². The third-order valence-corrected chi connectivity index (χ3v) is 4.91. The number of amides is 1. The number of aromatic nitrogens is 3. The Kier molecular flexibility index (Phi) is 11.2. The molecule has 0 spiro atoms. The van der Waals surface area contributed by atoms with Gasteiger partial charge in [-0.25, -0.2) is 9.59 Å². The van der Waals surface area contributed by atoms with E-state index in [0.29, 0.717) is 24.3 Å². The number of carboxylic acids is 2. The molecule has 0 saturated carbocycles. The number of nitrogens with zero attached hydrogens (tertiary/aromatic N) is 2. The molecule has 2 aromatic heterocycles. The average molecular weight is 484 g/mol. The largest absolute Gasteiger partial charge is 0.480 e. The van der Waals surface area contributed by atoms with Gasteiger partial charge in [0.2, 0.25) is 5.95 Å². The molecule has 1 atom stereocenters. The molecular weight excluding hydrogens is 462 g/mol. The van der Waals surface area contributed by atoms with Gasteiger partial charge in [0, 0.05) is 82.9 Å². The summed E-state index contributed by atoms with van der Waals surface area (Å²) < 4.78 is 0. The zero-order valence-electron chi connectivity index (χ0n) is 19.0. The number of benzene rings is 1. The van der Waals surface area contributed by atoms with Gasteiger partial charge in [-0.3, -0.25) is 4.79 Å². The maximum absolute atomic E-state index is 12.4. The van der Waals surface area contributed by atoms with Gasteiger partial charge in [0.15, 0.2) is 0 Å². The van der Waals surface area contributed by atoms with E-state index in [1.807, 2.05) is 0 Å². The third kappa shape index (κ3) is 7.29. The zero-order valence-corrected chi connectivity index (χ0v) is 23.0. The fraction of sp³-hybridized carbons (Fsp3) is 0.190. The summed E-state index contributed by atoms with van der Waals surface area (Å²) in [7, 11) is 0. The Bertz CT molecular complexity index is 1210. The Morgan fingerprint density at radius 3 is 2.29 bits per heavy atom. The van der Waals surface area contributed by atoms with Crippen LogP contribution in [-0.4, -0.2) is 108 Å². The number of carbonyl (C=O) groups is 3. The van der Waals surface area contributed by atoms with Crippen molar-refractivity contribution in [3.63, 3.8) is 0 Å². The van der Waals surface area contributed by atoms with E-state index in [1.165, 1.54) is 0 Å². The molecule has 0 aliphatic heterocycles. The van der Waals surface area contributed by atoms with Crippen LogP contribution in [0, 0.1) is 0 Å². The average Bonchev–Trinajstić information content (AvgIpc) is 3.14.